The largest absolute Gasteiger partial charge is 0.465 e. The zero-order valence-electron chi connectivity index (χ0n) is 8.69. The molecule has 0 aliphatic heterocycles. The third kappa shape index (κ3) is 3.59. The predicted octanol–water partition coefficient (Wildman–Crippen LogP) is 1.27. The SMILES string of the molecule is COC(=O)c1cccc(NCCCO)c1. The summed E-state index contributed by atoms with van der Waals surface area (Å²) in [5.41, 5.74) is 1.37. The number of methoxy groups -OCH3 is 1. The molecule has 0 saturated heterocycles. The first-order chi connectivity index (χ1) is 7.27. The van der Waals surface area contributed by atoms with Gasteiger partial charge in [-0.25, -0.2) is 4.79 Å². The van der Waals surface area contributed by atoms with E-state index in [1.807, 2.05) is 6.07 Å². The maximum atomic E-state index is 11.2. The van der Waals surface area contributed by atoms with Crippen LogP contribution in [0.4, 0.5) is 5.69 Å². The first-order valence-electron chi connectivity index (χ1n) is 4.81. The minimum atomic E-state index is -0.346. The highest BCUT2D eigenvalue weighted by Gasteiger charge is 2.04. The molecule has 1 rings (SSSR count). The number of hydrogen-bond acceptors (Lipinski definition) is 4. The van der Waals surface area contributed by atoms with E-state index < -0.39 is 0 Å². The lowest BCUT2D eigenvalue weighted by atomic mass is 10.2. The summed E-state index contributed by atoms with van der Waals surface area (Å²) in [6.07, 6.45) is 0.683. The fourth-order valence-electron chi connectivity index (χ4n) is 1.19. The van der Waals surface area contributed by atoms with Crippen LogP contribution >= 0.6 is 0 Å². The van der Waals surface area contributed by atoms with Crippen LogP contribution < -0.4 is 5.32 Å². The molecule has 1 aromatic rings. The molecule has 0 amide bonds. The average Bonchev–Trinajstić information content (AvgIpc) is 2.29. The van der Waals surface area contributed by atoms with Gasteiger partial charge in [0.25, 0.3) is 0 Å². The Balaban J connectivity index is 2.62. The summed E-state index contributed by atoms with van der Waals surface area (Å²) in [5.74, 6) is -0.346. The maximum Gasteiger partial charge on any atom is 0.337 e. The molecule has 1 aromatic carbocycles. The molecular weight excluding hydrogens is 194 g/mol. The first-order valence-corrected chi connectivity index (χ1v) is 4.81. The molecular formula is C11H15NO3. The van der Waals surface area contributed by atoms with Crippen LogP contribution in [0.1, 0.15) is 16.8 Å². The van der Waals surface area contributed by atoms with Gasteiger partial charge in [0.1, 0.15) is 0 Å². The van der Waals surface area contributed by atoms with Crippen LogP contribution in [-0.2, 0) is 4.74 Å². The normalized spacial score (nSPS) is 9.73. The molecule has 0 bridgehead atoms. The molecule has 0 aliphatic carbocycles. The number of anilines is 1. The number of esters is 1. The van der Waals surface area contributed by atoms with E-state index in [4.69, 9.17) is 5.11 Å². The van der Waals surface area contributed by atoms with Crippen molar-refractivity contribution in [3.05, 3.63) is 29.8 Å². The van der Waals surface area contributed by atoms with Crippen molar-refractivity contribution in [3.8, 4) is 0 Å². The molecule has 0 saturated carbocycles. The van der Waals surface area contributed by atoms with E-state index in [2.05, 4.69) is 10.1 Å². The highest BCUT2D eigenvalue weighted by atomic mass is 16.5. The third-order valence-electron chi connectivity index (χ3n) is 1.95. The second-order valence-electron chi connectivity index (χ2n) is 3.08. The fourth-order valence-corrected chi connectivity index (χ4v) is 1.19. The van der Waals surface area contributed by atoms with Gasteiger partial charge in [-0.15, -0.1) is 0 Å². The van der Waals surface area contributed by atoms with Gasteiger partial charge in [0, 0.05) is 18.8 Å². The van der Waals surface area contributed by atoms with Crippen LogP contribution in [0.5, 0.6) is 0 Å². The minimum absolute atomic E-state index is 0.156. The second-order valence-corrected chi connectivity index (χ2v) is 3.08. The van der Waals surface area contributed by atoms with E-state index in [1.54, 1.807) is 18.2 Å². The lowest BCUT2D eigenvalue weighted by molar-refractivity contribution is 0.0601. The number of rotatable bonds is 5. The lowest BCUT2D eigenvalue weighted by Gasteiger charge is -2.06. The molecule has 0 unspecified atom stereocenters. The molecule has 2 N–H and O–H groups in total. The van der Waals surface area contributed by atoms with Crippen molar-refractivity contribution in [3.63, 3.8) is 0 Å². The topological polar surface area (TPSA) is 58.6 Å². The number of ether oxygens (including phenoxy) is 1. The maximum absolute atomic E-state index is 11.2. The highest BCUT2D eigenvalue weighted by molar-refractivity contribution is 5.90. The standard InChI is InChI=1S/C11H15NO3/c1-15-11(14)9-4-2-5-10(8-9)12-6-3-7-13/h2,4-5,8,12-13H,3,6-7H2,1H3. The van der Waals surface area contributed by atoms with Crippen molar-refractivity contribution < 1.29 is 14.6 Å². The minimum Gasteiger partial charge on any atom is -0.465 e. The Morgan fingerprint density at radius 2 is 2.33 bits per heavy atom. The molecule has 0 heterocycles. The van der Waals surface area contributed by atoms with Gasteiger partial charge >= 0.3 is 5.97 Å². The summed E-state index contributed by atoms with van der Waals surface area (Å²) in [7, 11) is 1.36. The Hall–Kier alpha value is -1.55. The third-order valence-corrected chi connectivity index (χ3v) is 1.95. The molecule has 0 aromatic heterocycles. The summed E-state index contributed by atoms with van der Waals surface area (Å²) in [5, 5.41) is 11.7. The van der Waals surface area contributed by atoms with E-state index in [0.29, 0.717) is 18.5 Å². The highest BCUT2D eigenvalue weighted by Crippen LogP contribution is 2.11. The van der Waals surface area contributed by atoms with Crippen molar-refractivity contribution in [2.24, 2.45) is 0 Å². The van der Waals surface area contributed by atoms with Crippen LogP contribution in [0.25, 0.3) is 0 Å². The van der Waals surface area contributed by atoms with Gasteiger partial charge in [-0.3, -0.25) is 0 Å². The molecule has 4 nitrogen and oxygen atoms in total. The molecule has 15 heavy (non-hydrogen) atoms. The van der Waals surface area contributed by atoms with Crippen molar-refractivity contribution in [1.82, 2.24) is 0 Å². The first kappa shape index (κ1) is 11.5. The van der Waals surface area contributed by atoms with Gasteiger partial charge in [-0.1, -0.05) is 6.07 Å². The monoisotopic (exact) mass is 209 g/mol. The number of carbonyl (C=O) groups is 1. The van der Waals surface area contributed by atoms with Crippen molar-refractivity contribution in [1.29, 1.82) is 0 Å². The van der Waals surface area contributed by atoms with Crippen LogP contribution in [0.3, 0.4) is 0 Å². The predicted molar refractivity (Wildman–Crippen MR) is 58.0 cm³/mol. The van der Waals surface area contributed by atoms with Crippen LogP contribution in [-0.4, -0.2) is 31.3 Å². The van der Waals surface area contributed by atoms with Gasteiger partial charge in [0.15, 0.2) is 0 Å². The van der Waals surface area contributed by atoms with Crippen molar-refractivity contribution in [2.45, 2.75) is 6.42 Å². The van der Waals surface area contributed by atoms with E-state index in [-0.39, 0.29) is 12.6 Å². The van der Waals surface area contributed by atoms with Crippen LogP contribution in [0.2, 0.25) is 0 Å². The molecule has 0 aliphatic rings. The molecule has 4 heteroatoms. The Labute approximate surface area is 88.9 Å². The average molecular weight is 209 g/mol. The summed E-state index contributed by atoms with van der Waals surface area (Å²) in [6.45, 7) is 0.838. The molecule has 0 spiro atoms. The Morgan fingerprint density at radius 3 is 3.00 bits per heavy atom. The zero-order valence-corrected chi connectivity index (χ0v) is 8.69. The van der Waals surface area contributed by atoms with Crippen LogP contribution in [0.15, 0.2) is 24.3 Å². The van der Waals surface area contributed by atoms with Gasteiger partial charge in [-0.05, 0) is 24.6 Å². The number of aliphatic hydroxyl groups excluding tert-OH is 1. The summed E-state index contributed by atoms with van der Waals surface area (Å²) < 4.78 is 4.61. The number of hydrogen-bond donors (Lipinski definition) is 2. The summed E-state index contributed by atoms with van der Waals surface area (Å²) in [6, 6.07) is 7.07. The number of nitrogens with one attached hydrogen (secondary N) is 1. The lowest BCUT2D eigenvalue weighted by Crippen LogP contribution is -2.05. The van der Waals surface area contributed by atoms with E-state index in [1.165, 1.54) is 7.11 Å². The number of benzene rings is 1. The van der Waals surface area contributed by atoms with E-state index in [0.717, 1.165) is 5.69 Å². The van der Waals surface area contributed by atoms with Gasteiger partial charge in [0.2, 0.25) is 0 Å². The zero-order chi connectivity index (χ0) is 11.1. The summed E-state index contributed by atoms with van der Waals surface area (Å²) >= 11 is 0. The van der Waals surface area contributed by atoms with Crippen molar-refractivity contribution in [2.75, 3.05) is 25.6 Å². The second kappa shape index (κ2) is 6.03. The Bertz CT molecular complexity index is 325. The number of aliphatic hydroxyl groups is 1. The molecule has 0 atom stereocenters. The quantitative estimate of drug-likeness (QED) is 0.566. The molecule has 0 fully saturated rings. The van der Waals surface area contributed by atoms with Crippen LogP contribution in [0, 0.1) is 0 Å². The van der Waals surface area contributed by atoms with Gasteiger partial charge in [-0.2, -0.15) is 0 Å². The molecule has 82 valence electrons. The Morgan fingerprint density at radius 1 is 1.53 bits per heavy atom. The van der Waals surface area contributed by atoms with Gasteiger partial charge < -0.3 is 15.2 Å². The van der Waals surface area contributed by atoms with E-state index in [9.17, 15) is 4.79 Å². The molecule has 0 radical (unpaired) electrons. The van der Waals surface area contributed by atoms with Gasteiger partial charge in [0.05, 0.1) is 12.7 Å². The van der Waals surface area contributed by atoms with Crippen molar-refractivity contribution >= 4 is 11.7 Å². The fraction of sp³-hybridized carbons (Fsp3) is 0.364. The smallest absolute Gasteiger partial charge is 0.337 e. The number of carbonyl (C=O) groups excluding carboxylic acids is 1. The Kier molecular flexibility index (Phi) is 4.63. The van der Waals surface area contributed by atoms with E-state index >= 15 is 0 Å². The summed E-state index contributed by atoms with van der Waals surface area (Å²) in [4.78, 5) is 11.2.